The molecule has 1 heterocycles. The monoisotopic (exact) mass is 399 g/mol. The quantitative estimate of drug-likeness (QED) is 0.562. The van der Waals surface area contributed by atoms with Gasteiger partial charge in [-0.3, -0.25) is 4.79 Å². The zero-order valence-corrected chi connectivity index (χ0v) is 16.3. The van der Waals surface area contributed by atoms with E-state index in [0.29, 0.717) is 21.2 Å². The largest absolute Gasteiger partial charge is 0.462 e. The Labute approximate surface area is 166 Å². The number of rotatable bonds is 6. The normalized spacial score (nSPS) is 10.4. The minimum absolute atomic E-state index is 0.184. The van der Waals surface area contributed by atoms with Crippen LogP contribution in [-0.2, 0) is 16.0 Å². The number of thiophene rings is 1. The fraction of sp³-hybridized carbons (Fsp3) is 0.143. The van der Waals surface area contributed by atoms with Crippen LogP contribution in [0.2, 0.25) is 5.02 Å². The van der Waals surface area contributed by atoms with Crippen LogP contribution in [0.15, 0.2) is 60.0 Å². The SMILES string of the molecule is CCOC(=O)c1c(-c2ccc(Cl)cc2)csc1NC(=O)Cc1ccccc1. The van der Waals surface area contributed by atoms with Gasteiger partial charge < -0.3 is 10.1 Å². The number of hydrogen-bond donors (Lipinski definition) is 1. The zero-order chi connectivity index (χ0) is 19.2. The lowest BCUT2D eigenvalue weighted by atomic mass is 10.0. The van der Waals surface area contributed by atoms with Crippen LogP contribution in [0.1, 0.15) is 22.8 Å². The number of hydrogen-bond acceptors (Lipinski definition) is 4. The summed E-state index contributed by atoms with van der Waals surface area (Å²) in [4.78, 5) is 25.0. The molecule has 0 aliphatic carbocycles. The lowest BCUT2D eigenvalue weighted by Crippen LogP contribution is -2.16. The molecule has 0 bridgehead atoms. The molecule has 6 heteroatoms. The van der Waals surface area contributed by atoms with Gasteiger partial charge in [0, 0.05) is 16.0 Å². The summed E-state index contributed by atoms with van der Waals surface area (Å²) in [6.45, 7) is 2.01. The summed E-state index contributed by atoms with van der Waals surface area (Å²) >= 11 is 7.26. The molecule has 0 unspecified atom stereocenters. The third-order valence-electron chi connectivity index (χ3n) is 3.89. The molecule has 1 N–H and O–H groups in total. The van der Waals surface area contributed by atoms with Gasteiger partial charge in [-0.05, 0) is 30.2 Å². The summed E-state index contributed by atoms with van der Waals surface area (Å²) < 4.78 is 5.20. The molecular weight excluding hydrogens is 382 g/mol. The number of ether oxygens (including phenoxy) is 1. The van der Waals surface area contributed by atoms with Crippen molar-refractivity contribution in [3.05, 3.63) is 76.1 Å². The average molecular weight is 400 g/mol. The van der Waals surface area contributed by atoms with Crippen LogP contribution in [0.5, 0.6) is 0 Å². The third kappa shape index (κ3) is 4.76. The van der Waals surface area contributed by atoms with E-state index in [1.807, 2.05) is 47.8 Å². The van der Waals surface area contributed by atoms with Crippen LogP contribution in [-0.4, -0.2) is 18.5 Å². The molecule has 1 amide bonds. The standard InChI is InChI=1S/C21H18ClNO3S/c1-2-26-21(25)19-17(15-8-10-16(22)11-9-15)13-27-20(19)23-18(24)12-14-6-4-3-5-7-14/h3-11,13H,2,12H2,1H3,(H,23,24). The van der Waals surface area contributed by atoms with E-state index < -0.39 is 5.97 Å². The van der Waals surface area contributed by atoms with Crippen molar-refractivity contribution in [3.63, 3.8) is 0 Å². The van der Waals surface area contributed by atoms with Crippen LogP contribution >= 0.6 is 22.9 Å². The highest BCUT2D eigenvalue weighted by molar-refractivity contribution is 7.15. The van der Waals surface area contributed by atoms with Crippen LogP contribution in [0.25, 0.3) is 11.1 Å². The number of esters is 1. The van der Waals surface area contributed by atoms with Crippen LogP contribution < -0.4 is 5.32 Å². The maximum Gasteiger partial charge on any atom is 0.341 e. The molecule has 3 aromatic rings. The van der Waals surface area contributed by atoms with E-state index in [1.165, 1.54) is 11.3 Å². The summed E-state index contributed by atoms with van der Waals surface area (Å²) in [6, 6.07) is 16.6. The zero-order valence-electron chi connectivity index (χ0n) is 14.7. The smallest absolute Gasteiger partial charge is 0.341 e. The van der Waals surface area contributed by atoms with E-state index in [-0.39, 0.29) is 18.9 Å². The molecule has 0 saturated heterocycles. The first-order valence-corrected chi connectivity index (χ1v) is 9.72. The molecule has 0 fully saturated rings. The molecule has 2 aromatic carbocycles. The van der Waals surface area contributed by atoms with E-state index in [2.05, 4.69) is 5.32 Å². The van der Waals surface area contributed by atoms with Crippen molar-refractivity contribution in [2.75, 3.05) is 11.9 Å². The Balaban J connectivity index is 1.89. The topological polar surface area (TPSA) is 55.4 Å². The first-order chi connectivity index (χ1) is 13.1. The fourth-order valence-electron chi connectivity index (χ4n) is 2.65. The van der Waals surface area contributed by atoms with Gasteiger partial charge in [-0.1, -0.05) is 54.1 Å². The van der Waals surface area contributed by atoms with Crippen molar-refractivity contribution in [1.29, 1.82) is 0 Å². The molecule has 1 aromatic heterocycles. The van der Waals surface area contributed by atoms with Gasteiger partial charge >= 0.3 is 5.97 Å². The van der Waals surface area contributed by atoms with Crippen molar-refractivity contribution in [2.45, 2.75) is 13.3 Å². The number of nitrogens with one attached hydrogen (secondary N) is 1. The van der Waals surface area contributed by atoms with Crippen molar-refractivity contribution >= 4 is 39.8 Å². The Kier molecular flexibility index (Phi) is 6.27. The van der Waals surface area contributed by atoms with Crippen LogP contribution in [0.4, 0.5) is 5.00 Å². The second kappa shape index (κ2) is 8.84. The Morgan fingerprint density at radius 2 is 1.78 bits per heavy atom. The molecular formula is C21H18ClNO3S. The van der Waals surface area contributed by atoms with Crippen molar-refractivity contribution < 1.29 is 14.3 Å². The van der Waals surface area contributed by atoms with Gasteiger partial charge in [0.15, 0.2) is 0 Å². The van der Waals surface area contributed by atoms with Gasteiger partial charge in [0.2, 0.25) is 5.91 Å². The van der Waals surface area contributed by atoms with Crippen LogP contribution in [0.3, 0.4) is 0 Å². The predicted octanol–water partition coefficient (Wildman–Crippen LogP) is 5.43. The minimum Gasteiger partial charge on any atom is -0.462 e. The number of halogens is 1. The molecule has 0 atom stereocenters. The van der Waals surface area contributed by atoms with Gasteiger partial charge in [-0.2, -0.15) is 0 Å². The second-order valence-electron chi connectivity index (χ2n) is 5.79. The third-order valence-corrected chi connectivity index (χ3v) is 5.03. The van der Waals surface area contributed by atoms with Crippen molar-refractivity contribution in [3.8, 4) is 11.1 Å². The Morgan fingerprint density at radius 3 is 2.44 bits per heavy atom. The summed E-state index contributed by atoms with van der Waals surface area (Å²) in [5, 5.41) is 5.79. The fourth-order valence-corrected chi connectivity index (χ4v) is 3.75. The highest BCUT2D eigenvalue weighted by Gasteiger charge is 2.22. The summed E-state index contributed by atoms with van der Waals surface area (Å²) in [6.07, 6.45) is 0.233. The number of anilines is 1. The average Bonchev–Trinajstić information content (AvgIpc) is 3.06. The lowest BCUT2D eigenvalue weighted by Gasteiger charge is -2.09. The molecule has 3 rings (SSSR count). The lowest BCUT2D eigenvalue weighted by molar-refractivity contribution is -0.115. The first-order valence-electron chi connectivity index (χ1n) is 8.46. The maximum absolute atomic E-state index is 12.5. The Morgan fingerprint density at radius 1 is 1.07 bits per heavy atom. The first kappa shape index (κ1) is 19.1. The number of benzene rings is 2. The van der Waals surface area contributed by atoms with Gasteiger partial charge in [0.1, 0.15) is 10.6 Å². The maximum atomic E-state index is 12.5. The number of carbonyl (C=O) groups excluding carboxylic acids is 2. The highest BCUT2D eigenvalue weighted by atomic mass is 35.5. The van der Waals surface area contributed by atoms with E-state index >= 15 is 0 Å². The molecule has 0 aliphatic rings. The summed E-state index contributed by atoms with van der Waals surface area (Å²) in [5.41, 5.74) is 2.82. The van der Waals surface area contributed by atoms with Gasteiger partial charge in [-0.15, -0.1) is 11.3 Å². The molecule has 0 spiro atoms. The highest BCUT2D eigenvalue weighted by Crippen LogP contribution is 2.36. The molecule has 27 heavy (non-hydrogen) atoms. The van der Waals surface area contributed by atoms with Gasteiger partial charge in [-0.25, -0.2) is 4.79 Å². The number of carbonyl (C=O) groups is 2. The Hall–Kier alpha value is -2.63. The van der Waals surface area contributed by atoms with Gasteiger partial charge in [0.25, 0.3) is 0 Å². The molecule has 138 valence electrons. The van der Waals surface area contributed by atoms with E-state index in [4.69, 9.17) is 16.3 Å². The molecule has 0 saturated carbocycles. The number of amides is 1. The Bertz CT molecular complexity index is 936. The predicted molar refractivity (Wildman–Crippen MR) is 109 cm³/mol. The second-order valence-corrected chi connectivity index (χ2v) is 7.11. The van der Waals surface area contributed by atoms with E-state index in [0.717, 1.165) is 11.1 Å². The molecule has 0 aliphatic heterocycles. The van der Waals surface area contributed by atoms with Crippen molar-refractivity contribution in [1.82, 2.24) is 0 Å². The summed E-state index contributed by atoms with van der Waals surface area (Å²) in [5.74, 6) is -0.644. The molecule has 4 nitrogen and oxygen atoms in total. The summed E-state index contributed by atoms with van der Waals surface area (Å²) in [7, 11) is 0. The van der Waals surface area contributed by atoms with E-state index in [9.17, 15) is 9.59 Å². The molecule has 0 radical (unpaired) electrons. The van der Waals surface area contributed by atoms with Crippen LogP contribution in [0, 0.1) is 0 Å². The van der Waals surface area contributed by atoms with Crippen molar-refractivity contribution in [2.24, 2.45) is 0 Å². The van der Waals surface area contributed by atoms with Gasteiger partial charge in [0.05, 0.1) is 13.0 Å². The van der Waals surface area contributed by atoms with E-state index in [1.54, 1.807) is 19.1 Å². The minimum atomic E-state index is -0.460.